The first-order chi connectivity index (χ1) is 16.5. The first-order valence-corrected chi connectivity index (χ1v) is 12.1. The van der Waals surface area contributed by atoms with E-state index in [0.717, 1.165) is 49.9 Å². The number of hydrogen-bond donors (Lipinski definition) is 1. The highest BCUT2D eigenvalue weighted by Gasteiger charge is 2.35. The van der Waals surface area contributed by atoms with Crippen LogP contribution in [0.3, 0.4) is 0 Å². The number of benzene rings is 1. The minimum atomic E-state index is -0.498. The summed E-state index contributed by atoms with van der Waals surface area (Å²) in [6.07, 6.45) is 8.07. The number of rotatable bonds is 6. The summed E-state index contributed by atoms with van der Waals surface area (Å²) in [6.45, 7) is 2.39. The van der Waals surface area contributed by atoms with Gasteiger partial charge in [-0.15, -0.1) is 0 Å². The molecule has 0 saturated carbocycles. The molecule has 0 bridgehead atoms. The van der Waals surface area contributed by atoms with Crippen LogP contribution in [0.4, 0.5) is 4.79 Å². The third-order valence-electron chi connectivity index (χ3n) is 6.84. The summed E-state index contributed by atoms with van der Waals surface area (Å²) in [5, 5.41) is 0. The van der Waals surface area contributed by atoms with E-state index in [-0.39, 0.29) is 18.4 Å². The van der Waals surface area contributed by atoms with E-state index in [1.54, 1.807) is 18.3 Å². The lowest BCUT2D eigenvalue weighted by Crippen LogP contribution is -2.49. The monoisotopic (exact) mass is 464 g/mol. The average Bonchev–Trinajstić information content (AvgIpc) is 2.88. The Morgan fingerprint density at radius 1 is 1.03 bits per heavy atom. The second-order valence-corrected chi connectivity index (χ2v) is 9.15. The van der Waals surface area contributed by atoms with E-state index in [9.17, 15) is 14.4 Å². The number of likely N-dealkylation sites (tertiary alicyclic amines) is 2. The summed E-state index contributed by atoms with van der Waals surface area (Å²) >= 11 is 0. The molecule has 8 heteroatoms. The number of pyridine rings is 1. The van der Waals surface area contributed by atoms with Crippen LogP contribution in [0.15, 0.2) is 48.8 Å². The smallest absolute Gasteiger partial charge is 0.409 e. The number of carbonyl (C=O) groups is 3. The molecule has 2 fully saturated rings. The Bertz CT molecular complexity index is 1010. The van der Waals surface area contributed by atoms with Gasteiger partial charge in [-0.3, -0.25) is 14.6 Å². The number of nitrogens with zero attached hydrogens (tertiary/aromatic N) is 3. The fourth-order valence-corrected chi connectivity index (χ4v) is 4.90. The number of ether oxygens (including phenoxy) is 1. The predicted molar refractivity (Wildman–Crippen MR) is 127 cm³/mol. The number of piperidine rings is 2. The lowest BCUT2D eigenvalue weighted by Gasteiger charge is -2.36. The molecule has 8 nitrogen and oxygen atoms in total. The number of hydrogen-bond acceptors (Lipinski definition) is 5. The van der Waals surface area contributed by atoms with E-state index >= 15 is 0 Å². The summed E-state index contributed by atoms with van der Waals surface area (Å²) in [5.74, 6) is -0.311. The molecule has 3 heterocycles. The molecule has 180 valence electrons. The Morgan fingerprint density at radius 3 is 2.59 bits per heavy atom. The first-order valence-electron chi connectivity index (χ1n) is 12.1. The Labute approximate surface area is 200 Å². The van der Waals surface area contributed by atoms with Gasteiger partial charge < -0.3 is 20.3 Å². The first kappa shape index (κ1) is 23.7. The van der Waals surface area contributed by atoms with Crippen molar-refractivity contribution in [3.05, 3.63) is 59.9 Å². The zero-order chi connectivity index (χ0) is 23.9. The lowest BCUT2D eigenvalue weighted by atomic mass is 9.81. The molecule has 1 aromatic heterocycles. The van der Waals surface area contributed by atoms with Crippen molar-refractivity contribution in [2.75, 3.05) is 26.2 Å². The summed E-state index contributed by atoms with van der Waals surface area (Å²) < 4.78 is 5.37. The molecule has 2 aromatic rings. The van der Waals surface area contributed by atoms with Gasteiger partial charge in [0.05, 0.1) is 12.1 Å². The molecule has 34 heavy (non-hydrogen) atoms. The van der Waals surface area contributed by atoms with Crippen LogP contribution in [0.2, 0.25) is 0 Å². The van der Waals surface area contributed by atoms with Crippen LogP contribution >= 0.6 is 0 Å². The standard InChI is InChI=1S/C26H32N4O4/c27-24(31)23-18-30(26(33)34-22-8-5-12-28-17-22)15-11-20(23)10-9-19-6-4-7-21(16-19)25(32)29-13-2-1-3-14-29/h4-8,12,16-17,20,23H,1-3,9-11,13-15,18H2,(H2,27,31). The molecule has 2 atom stereocenters. The van der Waals surface area contributed by atoms with Crippen LogP contribution in [-0.2, 0) is 11.2 Å². The van der Waals surface area contributed by atoms with Crippen molar-refractivity contribution >= 4 is 17.9 Å². The van der Waals surface area contributed by atoms with Gasteiger partial charge in [-0.05, 0) is 74.3 Å². The Kier molecular flexibility index (Phi) is 7.77. The number of aromatic nitrogens is 1. The molecule has 0 spiro atoms. The molecule has 0 aliphatic carbocycles. The van der Waals surface area contributed by atoms with Crippen molar-refractivity contribution in [3.63, 3.8) is 0 Å². The molecular formula is C26H32N4O4. The van der Waals surface area contributed by atoms with Crippen LogP contribution in [0.25, 0.3) is 0 Å². The number of amides is 3. The Balaban J connectivity index is 1.34. The summed E-state index contributed by atoms with van der Waals surface area (Å²) in [5.41, 5.74) is 7.50. The van der Waals surface area contributed by atoms with Gasteiger partial charge in [0.25, 0.3) is 5.91 Å². The summed E-state index contributed by atoms with van der Waals surface area (Å²) in [6, 6.07) is 11.1. The predicted octanol–water partition coefficient (Wildman–Crippen LogP) is 3.26. The topological polar surface area (TPSA) is 106 Å². The van der Waals surface area contributed by atoms with Crippen LogP contribution in [0.5, 0.6) is 5.75 Å². The summed E-state index contributed by atoms with van der Waals surface area (Å²) in [7, 11) is 0. The third-order valence-corrected chi connectivity index (χ3v) is 6.84. The van der Waals surface area contributed by atoms with E-state index in [2.05, 4.69) is 4.98 Å². The Hall–Kier alpha value is -3.42. The lowest BCUT2D eigenvalue weighted by molar-refractivity contribution is -0.125. The molecule has 2 N–H and O–H groups in total. The highest BCUT2D eigenvalue weighted by molar-refractivity contribution is 5.94. The maximum Gasteiger partial charge on any atom is 0.415 e. The fraction of sp³-hybridized carbons (Fsp3) is 0.462. The molecule has 2 unspecified atom stereocenters. The molecule has 2 aliphatic rings. The minimum absolute atomic E-state index is 0.0707. The second kappa shape index (κ2) is 11.1. The van der Waals surface area contributed by atoms with Crippen molar-refractivity contribution in [3.8, 4) is 5.75 Å². The van der Waals surface area contributed by atoms with Crippen LogP contribution in [0.1, 0.15) is 48.0 Å². The fourth-order valence-electron chi connectivity index (χ4n) is 4.90. The van der Waals surface area contributed by atoms with Gasteiger partial charge in [0.2, 0.25) is 5.91 Å². The maximum absolute atomic E-state index is 12.8. The van der Waals surface area contributed by atoms with Gasteiger partial charge >= 0.3 is 6.09 Å². The van der Waals surface area contributed by atoms with Crippen molar-refractivity contribution < 1.29 is 19.1 Å². The van der Waals surface area contributed by atoms with Gasteiger partial charge in [0.15, 0.2) is 5.75 Å². The van der Waals surface area contributed by atoms with E-state index in [1.165, 1.54) is 17.5 Å². The van der Waals surface area contributed by atoms with Gasteiger partial charge in [-0.1, -0.05) is 12.1 Å². The van der Waals surface area contributed by atoms with E-state index in [0.29, 0.717) is 18.7 Å². The number of primary amides is 1. The largest absolute Gasteiger partial charge is 0.415 e. The molecule has 2 saturated heterocycles. The SMILES string of the molecule is NC(=O)C1CN(C(=O)Oc2cccnc2)CCC1CCc1cccc(C(=O)N2CCCCC2)c1. The van der Waals surface area contributed by atoms with Crippen molar-refractivity contribution in [2.24, 2.45) is 17.6 Å². The van der Waals surface area contributed by atoms with Gasteiger partial charge in [0, 0.05) is 37.9 Å². The quantitative estimate of drug-likeness (QED) is 0.706. The average molecular weight is 465 g/mol. The molecule has 4 rings (SSSR count). The van der Waals surface area contributed by atoms with Crippen LogP contribution in [0, 0.1) is 11.8 Å². The number of nitrogens with two attached hydrogens (primary N) is 1. The van der Waals surface area contributed by atoms with Crippen molar-refractivity contribution in [2.45, 2.75) is 38.5 Å². The van der Waals surface area contributed by atoms with Crippen LogP contribution in [-0.4, -0.2) is 58.9 Å². The zero-order valence-corrected chi connectivity index (χ0v) is 19.4. The molecule has 3 amide bonds. The molecule has 0 radical (unpaired) electrons. The number of aryl methyl sites for hydroxylation is 1. The summed E-state index contributed by atoms with van der Waals surface area (Å²) in [4.78, 5) is 45.0. The van der Waals surface area contributed by atoms with E-state index in [1.807, 2.05) is 29.2 Å². The maximum atomic E-state index is 12.8. The normalized spacial score (nSPS) is 20.6. The molecular weight excluding hydrogens is 432 g/mol. The third kappa shape index (κ3) is 5.92. The second-order valence-electron chi connectivity index (χ2n) is 9.15. The minimum Gasteiger partial charge on any atom is -0.409 e. The molecule has 1 aromatic carbocycles. The van der Waals surface area contributed by atoms with Gasteiger partial charge in [-0.2, -0.15) is 0 Å². The van der Waals surface area contributed by atoms with Gasteiger partial charge in [-0.25, -0.2) is 4.79 Å². The van der Waals surface area contributed by atoms with Crippen molar-refractivity contribution in [1.29, 1.82) is 0 Å². The zero-order valence-electron chi connectivity index (χ0n) is 19.4. The van der Waals surface area contributed by atoms with Gasteiger partial charge in [0.1, 0.15) is 0 Å². The van der Waals surface area contributed by atoms with Crippen molar-refractivity contribution in [1.82, 2.24) is 14.8 Å². The highest BCUT2D eigenvalue weighted by atomic mass is 16.6. The Morgan fingerprint density at radius 2 is 1.85 bits per heavy atom. The number of carbonyl (C=O) groups excluding carboxylic acids is 3. The highest BCUT2D eigenvalue weighted by Crippen LogP contribution is 2.29. The van der Waals surface area contributed by atoms with E-state index < -0.39 is 17.9 Å². The van der Waals surface area contributed by atoms with E-state index in [4.69, 9.17) is 10.5 Å². The molecule has 2 aliphatic heterocycles. The van der Waals surface area contributed by atoms with Crippen LogP contribution < -0.4 is 10.5 Å².